The van der Waals surface area contributed by atoms with Gasteiger partial charge in [-0.1, -0.05) is 13.0 Å². The summed E-state index contributed by atoms with van der Waals surface area (Å²) in [5.74, 6) is 0. The summed E-state index contributed by atoms with van der Waals surface area (Å²) >= 11 is 0. The molecule has 0 bridgehead atoms. The first kappa shape index (κ1) is 13.3. The van der Waals surface area contributed by atoms with Crippen LogP contribution in [0.2, 0.25) is 0 Å². The predicted octanol–water partition coefficient (Wildman–Crippen LogP) is 3.22. The molecule has 0 saturated carbocycles. The van der Waals surface area contributed by atoms with Crippen LogP contribution in [0.4, 0.5) is 11.4 Å². The van der Waals surface area contributed by atoms with Crippen LogP contribution in [-0.2, 0) is 6.54 Å². The molecule has 0 spiro atoms. The Morgan fingerprint density at radius 1 is 1.11 bits per heavy atom. The van der Waals surface area contributed by atoms with Gasteiger partial charge in [-0.2, -0.15) is 0 Å². The van der Waals surface area contributed by atoms with E-state index in [1.807, 2.05) is 37.5 Å². The first-order chi connectivity index (χ1) is 9.28. The van der Waals surface area contributed by atoms with Crippen LogP contribution in [0.1, 0.15) is 24.7 Å². The number of hydrogen-bond donors (Lipinski definition) is 2. The van der Waals surface area contributed by atoms with E-state index < -0.39 is 0 Å². The summed E-state index contributed by atoms with van der Waals surface area (Å²) in [6, 6.07) is 8.11. The number of nitrogens with zero attached hydrogens (tertiary/aromatic N) is 2. The summed E-state index contributed by atoms with van der Waals surface area (Å²) in [5.41, 5.74) is 4.12. The predicted molar refractivity (Wildman–Crippen MR) is 79.3 cm³/mol. The van der Waals surface area contributed by atoms with Gasteiger partial charge < -0.3 is 10.6 Å². The van der Waals surface area contributed by atoms with Crippen molar-refractivity contribution in [2.75, 3.05) is 17.2 Å². The Hall–Kier alpha value is -2.10. The molecular formula is C15H20N4. The zero-order valence-corrected chi connectivity index (χ0v) is 11.5. The number of pyridine rings is 2. The molecule has 0 saturated heterocycles. The largest absolute Gasteiger partial charge is 0.384 e. The summed E-state index contributed by atoms with van der Waals surface area (Å²) in [5, 5.41) is 6.66. The molecule has 0 atom stereocenters. The average Bonchev–Trinajstić information content (AvgIpc) is 2.43. The highest BCUT2D eigenvalue weighted by molar-refractivity contribution is 5.53. The molecule has 4 nitrogen and oxygen atoms in total. The molecule has 0 fully saturated rings. The maximum atomic E-state index is 4.46. The van der Waals surface area contributed by atoms with Crippen LogP contribution in [-0.4, -0.2) is 16.5 Å². The minimum atomic E-state index is 0.709. The Bertz CT molecular complexity index is 525. The maximum Gasteiger partial charge on any atom is 0.0597 e. The Morgan fingerprint density at radius 2 is 1.89 bits per heavy atom. The molecule has 0 aliphatic rings. The van der Waals surface area contributed by atoms with E-state index in [-0.39, 0.29) is 0 Å². The summed E-state index contributed by atoms with van der Waals surface area (Å²) < 4.78 is 0. The third-order valence-corrected chi connectivity index (χ3v) is 2.74. The molecule has 0 unspecified atom stereocenters. The monoisotopic (exact) mass is 256 g/mol. The normalized spacial score (nSPS) is 10.2. The standard InChI is InChI=1S/C15H20N4/c1-3-7-17-14-8-15(10-16-9-14)18-11-13-6-4-5-12(2)19-13/h4-6,8-10,17-18H,3,7,11H2,1-2H3. The molecule has 0 amide bonds. The van der Waals surface area contributed by atoms with Crippen molar-refractivity contribution in [2.24, 2.45) is 0 Å². The van der Waals surface area contributed by atoms with Crippen LogP contribution in [0.15, 0.2) is 36.7 Å². The highest BCUT2D eigenvalue weighted by Crippen LogP contribution is 2.13. The average molecular weight is 256 g/mol. The first-order valence-electron chi connectivity index (χ1n) is 6.63. The molecule has 0 aliphatic heterocycles. The molecule has 100 valence electrons. The fourth-order valence-electron chi connectivity index (χ4n) is 1.79. The molecule has 0 aliphatic carbocycles. The van der Waals surface area contributed by atoms with Gasteiger partial charge in [0.25, 0.3) is 0 Å². The van der Waals surface area contributed by atoms with E-state index in [0.717, 1.165) is 35.7 Å². The van der Waals surface area contributed by atoms with E-state index in [2.05, 4.69) is 33.6 Å². The lowest BCUT2D eigenvalue weighted by Crippen LogP contribution is -2.04. The van der Waals surface area contributed by atoms with Crippen LogP contribution in [0.25, 0.3) is 0 Å². The Kier molecular flexibility index (Phi) is 4.72. The summed E-state index contributed by atoms with van der Waals surface area (Å²) in [6.45, 7) is 5.82. The van der Waals surface area contributed by atoms with Gasteiger partial charge in [0.2, 0.25) is 0 Å². The lowest BCUT2D eigenvalue weighted by atomic mass is 10.3. The van der Waals surface area contributed by atoms with Crippen LogP contribution < -0.4 is 10.6 Å². The molecule has 2 aromatic rings. The number of hydrogen-bond acceptors (Lipinski definition) is 4. The second-order valence-corrected chi connectivity index (χ2v) is 4.51. The number of anilines is 2. The van der Waals surface area contributed by atoms with E-state index in [0.29, 0.717) is 6.54 Å². The van der Waals surface area contributed by atoms with Gasteiger partial charge in [0.1, 0.15) is 0 Å². The summed E-state index contributed by atoms with van der Waals surface area (Å²) in [6.07, 6.45) is 4.77. The van der Waals surface area contributed by atoms with Gasteiger partial charge in [-0.3, -0.25) is 9.97 Å². The van der Waals surface area contributed by atoms with E-state index in [4.69, 9.17) is 0 Å². The van der Waals surface area contributed by atoms with Crippen molar-refractivity contribution in [2.45, 2.75) is 26.8 Å². The van der Waals surface area contributed by atoms with Crippen LogP contribution in [0, 0.1) is 6.92 Å². The Morgan fingerprint density at radius 3 is 2.63 bits per heavy atom. The second-order valence-electron chi connectivity index (χ2n) is 4.51. The third kappa shape index (κ3) is 4.25. The van der Waals surface area contributed by atoms with Crippen molar-refractivity contribution in [1.29, 1.82) is 0 Å². The van der Waals surface area contributed by atoms with Gasteiger partial charge in [0.15, 0.2) is 0 Å². The minimum absolute atomic E-state index is 0.709. The zero-order chi connectivity index (χ0) is 13.5. The van der Waals surface area contributed by atoms with Crippen LogP contribution in [0.5, 0.6) is 0 Å². The lowest BCUT2D eigenvalue weighted by Gasteiger charge is -2.09. The van der Waals surface area contributed by atoms with Crippen LogP contribution in [0.3, 0.4) is 0 Å². The van der Waals surface area contributed by atoms with Crippen molar-refractivity contribution < 1.29 is 0 Å². The quantitative estimate of drug-likeness (QED) is 0.833. The molecule has 2 aromatic heterocycles. The van der Waals surface area contributed by atoms with Gasteiger partial charge in [-0.25, -0.2) is 0 Å². The number of nitrogens with one attached hydrogen (secondary N) is 2. The molecule has 2 rings (SSSR count). The lowest BCUT2D eigenvalue weighted by molar-refractivity contribution is 0.976. The van der Waals surface area contributed by atoms with Crippen molar-refractivity contribution in [3.05, 3.63) is 48.0 Å². The highest BCUT2D eigenvalue weighted by Gasteiger charge is 1.98. The third-order valence-electron chi connectivity index (χ3n) is 2.74. The summed E-state index contributed by atoms with van der Waals surface area (Å²) in [7, 11) is 0. The van der Waals surface area contributed by atoms with E-state index in [1.54, 1.807) is 0 Å². The van der Waals surface area contributed by atoms with E-state index in [9.17, 15) is 0 Å². The van der Waals surface area contributed by atoms with E-state index in [1.165, 1.54) is 0 Å². The Labute approximate surface area is 114 Å². The fraction of sp³-hybridized carbons (Fsp3) is 0.333. The SMILES string of the molecule is CCCNc1cncc(NCc2cccc(C)n2)c1. The molecule has 19 heavy (non-hydrogen) atoms. The smallest absolute Gasteiger partial charge is 0.0597 e. The first-order valence-corrected chi connectivity index (χ1v) is 6.63. The topological polar surface area (TPSA) is 49.8 Å². The molecule has 0 aromatic carbocycles. The van der Waals surface area contributed by atoms with Gasteiger partial charge in [0.05, 0.1) is 36.0 Å². The zero-order valence-electron chi connectivity index (χ0n) is 11.5. The molecule has 2 N–H and O–H groups in total. The number of aromatic nitrogens is 2. The van der Waals surface area contributed by atoms with Crippen molar-refractivity contribution >= 4 is 11.4 Å². The van der Waals surface area contributed by atoms with Crippen molar-refractivity contribution in [1.82, 2.24) is 9.97 Å². The number of rotatable bonds is 6. The van der Waals surface area contributed by atoms with Crippen molar-refractivity contribution in [3.8, 4) is 0 Å². The Balaban J connectivity index is 1.95. The maximum absolute atomic E-state index is 4.46. The highest BCUT2D eigenvalue weighted by atomic mass is 14.9. The van der Waals surface area contributed by atoms with Gasteiger partial charge in [-0.15, -0.1) is 0 Å². The fourth-order valence-corrected chi connectivity index (χ4v) is 1.79. The van der Waals surface area contributed by atoms with Crippen molar-refractivity contribution in [3.63, 3.8) is 0 Å². The van der Waals surface area contributed by atoms with Gasteiger partial charge >= 0.3 is 0 Å². The van der Waals surface area contributed by atoms with Gasteiger partial charge in [-0.05, 0) is 31.5 Å². The second kappa shape index (κ2) is 6.73. The van der Waals surface area contributed by atoms with E-state index >= 15 is 0 Å². The summed E-state index contributed by atoms with van der Waals surface area (Å²) in [4.78, 5) is 8.68. The molecule has 0 radical (unpaired) electrons. The van der Waals surface area contributed by atoms with Gasteiger partial charge in [0, 0.05) is 12.2 Å². The molecule has 2 heterocycles. The van der Waals surface area contributed by atoms with Crippen LogP contribution >= 0.6 is 0 Å². The number of aryl methyl sites for hydroxylation is 1. The molecule has 4 heteroatoms. The minimum Gasteiger partial charge on any atom is -0.384 e. The molecular weight excluding hydrogens is 236 g/mol.